The van der Waals surface area contributed by atoms with Gasteiger partial charge in [-0.25, -0.2) is 0 Å². The van der Waals surface area contributed by atoms with E-state index < -0.39 is 0 Å². The number of carbonyl (C=O) groups excluding carboxylic acids is 1. The molecule has 1 fully saturated rings. The number of nitrogens with zero attached hydrogens (tertiary/aromatic N) is 1. The summed E-state index contributed by atoms with van der Waals surface area (Å²) in [5.74, 6) is 0.775. The molecular weight excluding hydrogens is 232 g/mol. The van der Waals surface area contributed by atoms with Crippen LogP contribution in [-0.4, -0.2) is 43.7 Å². The Labute approximate surface area is 107 Å². The molecule has 1 aliphatic heterocycles. The van der Waals surface area contributed by atoms with E-state index in [1.807, 2.05) is 24.1 Å². The molecule has 0 aliphatic carbocycles. The third-order valence-corrected chi connectivity index (χ3v) is 2.99. The highest BCUT2D eigenvalue weighted by Gasteiger charge is 2.18. The molecule has 1 aliphatic rings. The van der Waals surface area contributed by atoms with Gasteiger partial charge in [0.1, 0.15) is 5.76 Å². The molecule has 1 amide bonds. The van der Waals surface area contributed by atoms with Gasteiger partial charge in [0.05, 0.1) is 25.5 Å². The minimum absolute atomic E-state index is 0.00639. The Morgan fingerprint density at radius 3 is 3.17 bits per heavy atom. The van der Waals surface area contributed by atoms with Crippen molar-refractivity contribution >= 4 is 5.91 Å². The summed E-state index contributed by atoms with van der Waals surface area (Å²) in [5, 5.41) is 2.83. The van der Waals surface area contributed by atoms with Gasteiger partial charge in [-0.2, -0.15) is 0 Å². The normalized spacial score (nSPS) is 19.3. The predicted molar refractivity (Wildman–Crippen MR) is 67.0 cm³/mol. The molecule has 1 aromatic heterocycles. The van der Waals surface area contributed by atoms with Crippen molar-refractivity contribution < 1.29 is 13.9 Å². The lowest BCUT2D eigenvalue weighted by Gasteiger charge is -2.19. The van der Waals surface area contributed by atoms with Crippen LogP contribution in [0.5, 0.6) is 0 Å². The fourth-order valence-corrected chi connectivity index (χ4v) is 2.10. The Morgan fingerprint density at radius 1 is 1.61 bits per heavy atom. The number of ether oxygens (including phenoxy) is 1. The average Bonchev–Trinajstić information content (AvgIpc) is 2.98. The van der Waals surface area contributed by atoms with Crippen LogP contribution < -0.4 is 5.32 Å². The van der Waals surface area contributed by atoms with Crippen molar-refractivity contribution in [3.63, 3.8) is 0 Å². The number of rotatable bonds is 6. The van der Waals surface area contributed by atoms with Crippen molar-refractivity contribution in [2.75, 3.05) is 26.7 Å². The number of carbonyl (C=O) groups is 1. The maximum Gasteiger partial charge on any atom is 0.234 e. The third-order valence-electron chi connectivity index (χ3n) is 2.99. The fourth-order valence-electron chi connectivity index (χ4n) is 2.10. The Morgan fingerprint density at radius 2 is 2.50 bits per heavy atom. The standard InChI is InChI=1S/C13H20N2O3/c1-15(9-12-5-3-7-18-12)10-13(16)14-8-11-4-2-6-17-11/h2,4,6,12H,3,5,7-10H2,1H3,(H,14,16). The Hall–Kier alpha value is -1.33. The Bertz CT molecular complexity index is 358. The Kier molecular flexibility index (Phi) is 4.78. The number of amides is 1. The molecular formula is C13H20N2O3. The Balaban J connectivity index is 1.63. The second kappa shape index (κ2) is 6.56. The highest BCUT2D eigenvalue weighted by Crippen LogP contribution is 2.12. The molecule has 18 heavy (non-hydrogen) atoms. The third kappa shape index (κ3) is 4.16. The summed E-state index contributed by atoms with van der Waals surface area (Å²) >= 11 is 0. The lowest BCUT2D eigenvalue weighted by Crippen LogP contribution is -2.38. The van der Waals surface area contributed by atoms with Gasteiger partial charge in [0.25, 0.3) is 0 Å². The van der Waals surface area contributed by atoms with Gasteiger partial charge in [-0.15, -0.1) is 0 Å². The number of furan rings is 1. The van der Waals surface area contributed by atoms with E-state index in [1.54, 1.807) is 6.26 Å². The van der Waals surface area contributed by atoms with Crippen LogP contribution in [0.2, 0.25) is 0 Å². The molecule has 0 radical (unpaired) electrons. The summed E-state index contributed by atoms with van der Waals surface area (Å²) in [7, 11) is 1.94. The van der Waals surface area contributed by atoms with Crippen molar-refractivity contribution in [3.05, 3.63) is 24.2 Å². The van der Waals surface area contributed by atoms with Crippen molar-refractivity contribution in [2.45, 2.75) is 25.5 Å². The predicted octanol–water partition coefficient (Wildman–Crippen LogP) is 1.01. The van der Waals surface area contributed by atoms with Gasteiger partial charge in [0.15, 0.2) is 0 Å². The fraction of sp³-hybridized carbons (Fsp3) is 0.615. The monoisotopic (exact) mass is 252 g/mol. The van der Waals surface area contributed by atoms with Crippen LogP contribution in [0, 0.1) is 0 Å². The van der Waals surface area contributed by atoms with Crippen molar-refractivity contribution in [1.82, 2.24) is 10.2 Å². The van der Waals surface area contributed by atoms with Crippen LogP contribution in [0.3, 0.4) is 0 Å². The van der Waals surface area contributed by atoms with Gasteiger partial charge in [-0.3, -0.25) is 9.69 Å². The molecule has 2 heterocycles. The smallest absolute Gasteiger partial charge is 0.234 e. The highest BCUT2D eigenvalue weighted by molar-refractivity contribution is 5.77. The van der Waals surface area contributed by atoms with Crippen LogP contribution in [0.25, 0.3) is 0 Å². The second-order valence-corrected chi connectivity index (χ2v) is 4.69. The van der Waals surface area contributed by atoms with Crippen molar-refractivity contribution in [2.24, 2.45) is 0 Å². The SMILES string of the molecule is CN(CC(=O)NCc1ccco1)CC1CCCO1. The molecule has 1 N–H and O–H groups in total. The lowest BCUT2D eigenvalue weighted by molar-refractivity contribution is -0.122. The molecule has 0 aromatic carbocycles. The summed E-state index contributed by atoms with van der Waals surface area (Å²) in [4.78, 5) is 13.7. The van der Waals surface area contributed by atoms with E-state index in [1.165, 1.54) is 0 Å². The summed E-state index contributed by atoms with van der Waals surface area (Å²) < 4.78 is 10.7. The zero-order valence-electron chi connectivity index (χ0n) is 10.7. The van der Waals surface area contributed by atoms with Crippen molar-refractivity contribution in [1.29, 1.82) is 0 Å². The van der Waals surface area contributed by atoms with Crippen LogP contribution >= 0.6 is 0 Å². The zero-order valence-corrected chi connectivity index (χ0v) is 10.7. The zero-order chi connectivity index (χ0) is 12.8. The van der Waals surface area contributed by atoms with E-state index in [9.17, 15) is 4.79 Å². The number of hydrogen-bond acceptors (Lipinski definition) is 4. The van der Waals surface area contributed by atoms with Crippen LogP contribution in [0.1, 0.15) is 18.6 Å². The van der Waals surface area contributed by atoms with E-state index in [4.69, 9.17) is 9.15 Å². The number of likely N-dealkylation sites (N-methyl/N-ethyl adjacent to an activating group) is 1. The molecule has 2 rings (SSSR count). The van der Waals surface area contributed by atoms with Crippen LogP contribution in [0.15, 0.2) is 22.8 Å². The van der Waals surface area contributed by atoms with Crippen molar-refractivity contribution in [3.8, 4) is 0 Å². The molecule has 0 bridgehead atoms. The molecule has 0 saturated carbocycles. The summed E-state index contributed by atoms with van der Waals surface area (Å²) in [6.45, 7) is 2.50. The lowest BCUT2D eigenvalue weighted by atomic mass is 10.2. The maximum atomic E-state index is 11.7. The second-order valence-electron chi connectivity index (χ2n) is 4.69. The quantitative estimate of drug-likeness (QED) is 0.821. The summed E-state index contributed by atoms with van der Waals surface area (Å²) in [5.41, 5.74) is 0. The van der Waals surface area contributed by atoms with Gasteiger partial charge in [-0.1, -0.05) is 0 Å². The van der Waals surface area contributed by atoms with E-state index in [2.05, 4.69) is 5.32 Å². The van der Waals surface area contributed by atoms with Crippen LogP contribution in [0.4, 0.5) is 0 Å². The largest absolute Gasteiger partial charge is 0.467 e. The molecule has 1 atom stereocenters. The number of hydrogen-bond donors (Lipinski definition) is 1. The first-order valence-corrected chi connectivity index (χ1v) is 6.33. The molecule has 0 spiro atoms. The number of nitrogens with one attached hydrogen (secondary N) is 1. The summed E-state index contributed by atoms with van der Waals surface area (Å²) in [6.07, 6.45) is 4.11. The highest BCUT2D eigenvalue weighted by atomic mass is 16.5. The minimum atomic E-state index is 0.00639. The average molecular weight is 252 g/mol. The van der Waals surface area contributed by atoms with Gasteiger partial charge in [0.2, 0.25) is 5.91 Å². The summed E-state index contributed by atoms with van der Waals surface area (Å²) in [6, 6.07) is 3.65. The van der Waals surface area contributed by atoms with E-state index in [0.717, 1.165) is 31.8 Å². The molecule has 1 saturated heterocycles. The van der Waals surface area contributed by atoms with E-state index in [-0.39, 0.29) is 12.0 Å². The van der Waals surface area contributed by atoms with Gasteiger partial charge < -0.3 is 14.5 Å². The molecule has 1 unspecified atom stereocenters. The minimum Gasteiger partial charge on any atom is -0.467 e. The molecule has 1 aromatic rings. The van der Waals surface area contributed by atoms with Gasteiger partial charge in [-0.05, 0) is 32.0 Å². The van der Waals surface area contributed by atoms with Crippen LogP contribution in [-0.2, 0) is 16.1 Å². The maximum absolute atomic E-state index is 11.7. The molecule has 100 valence electrons. The van der Waals surface area contributed by atoms with Gasteiger partial charge >= 0.3 is 0 Å². The van der Waals surface area contributed by atoms with E-state index in [0.29, 0.717) is 13.1 Å². The first-order valence-electron chi connectivity index (χ1n) is 6.33. The molecule has 5 nitrogen and oxygen atoms in total. The van der Waals surface area contributed by atoms with E-state index >= 15 is 0 Å². The van der Waals surface area contributed by atoms with Gasteiger partial charge in [0, 0.05) is 13.2 Å². The molecule has 5 heteroatoms. The first-order chi connectivity index (χ1) is 8.74. The first kappa shape index (κ1) is 13.1. The topological polar surface area (TPSA) is 54.7 Å².